The lowest BCUT2D eigenvalue weighted by Crippen LogP contribution is -2.36. The third-order valence-corrected chi connectivity index (χ3v) is 3.15. The van der Waals surface area contributed by atoms with E-state index in [1.165, 1.54) is 0 Å². The lowest BCUT2D eigenvalue weighted by molar-refractivity contribution is -0.135. The fourth-order valence-electron chi connectivity index (χ4n) is 2.14. The van der Waals surface area contributed by atoms with Crippen LogP contribution in [-0.4, -0.2) is 35.8 Å². The largest absolute Gasteiger partial charge is 0.497 e. The van der Waals surface area contributed by atoms with Crippen LogP contribution < -0.4 is 9.64 Å². The van der Waals surface area contributed by atoms with E-state index in [2.05, 4.69) is 4.98 Å². The Labute approximate surface area is 117 Å². The Hall–Kier alpha value is -2.30. The van der Waals surface area contributed by atoms with Crippen LogP contribution in [0.25, 0.3) is 10.8 Å². The minimum atomic E-state index is -0.869. The molecule has 0 spiro atoms. The molecule has 0 aliphatic heterocycles. The van der Waals surface area contributed by atoms with Gasteiger partial charge in [-0.25, -0.2) is 4.98 Å². The standard InChI is InChI=1S/C15H18N2O3/c1-10(2)17(9-14(18)19)15-13-5-4-12(20-3)8-11(13)6-7-16-15/h4-8,10H,9H2,1-3H3,(H,18,19). The number of anilines is 1. The number of aromatic nitrogens is 1. The minimum Gasteiger partial charge on any atom is -0.497 e. The Morgan fingerprint density at radius 1 is 1.40 bits per heavy atom. The second-order valence-corrected chi connectivity index (χ2v) is 4.84. The Morgan fingerprint density at radius 3 is 2.75 bits per heavy atom. The lowest BCUT2D eigenvalue weighted by Gasteiger charge is -2.27. The van der Waals surface area contributed by atoms with Gasteiger partial charge in [0.15, 0.2) is 0 Å². The van der Waals surface area contributed by atoms with Crippen molar-refractivity contribution < 1.29 is 14.6 Å². The predicted molar refractivity (Wildman–Crippen MR) is 78.4 cm³/mol. The van der Waals surface area contributed by atoms with Crippen molar-refractivity contribution in [3.8, 4) is 5.75 Å². The molecule has 2 aromatic rings. The zero-order valence-electron chi connectivity index (χ0n) is 11.8. The van der Waals surface area contributed by atoms with Gasteiger partial charge in [-0.2, -0.15) is 0 Å². The van der Waals surface area contributed by atoms with E-state index in [4.69, 9.17) is 9.84 Å². The molecule has 0 bridgehead atoms. The maximum absolute atomic E-state index is 11.0. The first kappa shape index (κ1) is 14.1. The van der Waals surface area contributed by atoms with Crippen molar-refractivity contribution >= 4 is 22.6 Å². The summed E-state index contributed by atoms with van der Waals surface area (Å²) < 4.78 is 5.21. The van der Waals surface area contributed by atoms with Gasteiger partial charge in [0.25, 0.3) is 0 Å². The van der Waals surface area contributed by atoms with E-state index >= 15 is 0 Å². The number of hydrogen-bond acceptors (Lipinski definition) is 4. The summed E-state index contributed by atoms with van der Waals surface area (Å²) in [5.41, 5.74) is 0. The molecular weight excluding hydrogens is 256 g/mol. The second kappa shape index (κ2) is 5.77. The predicted octanol–water partition coefficient (Wildman–Crippen LogP) is 2.54. The van der Waals surface area contributed by atoms with Crippen LogP contribution in [0.15, 0.2) is 30.5 Å². The number of nitrogens with zero attached hydrogens (tertiary/aromatic N) is 2. The van der Waals surface area contributed by atoms with E-state index in [9.17, 15) is 4.79 Å². The number of pyridine rings is 1. The number of carbonyl (C=O) groups is 1. The van der Waals surface area contributed by atoms with Crippen LogP contribution in [0.2, 0.25) is 0 Å². The molecule has 5 heteroatoms. The molecule has 1 aromatic carbocycles. The first-order valence-electron chi connectivity index (χ1n) is 6.44. The summed E-state index contributed by atoms with van der Waals surface area (Å²) in [4.78, 5) is 17.2. The van der Waals surface area contributed by atoms with E-state index in [0.717, 1.165) is 16.5 Å². The topological polar surface area (TPSA) is 62.7 Å². The van der Waals surface area contributed by atoms with E-state index in [0.29, 0.717) is 5.82 Å². The summed E-state index contributed by atoms with van der Waals surface area (Å²) in [6.45, 7) is 3.83. The summed E-state index contributed by atoms with van der Waals surface area (Å²) in [6.07, 6.45) is 1.69. The molecule has 1 heterocycles. The van der Waals surface area contributed by atoms with Crippen molar-refractivity contribution in [2.75, 3.05) is 18.6 Å². The molecular formula is C15H18N2O3. The number of benzene rings is 1. The molecule has 0 aliphatic rings. The van der Waals surface area contributed by atoms with Gasteiger partial charge in [-0.05, 0) is 43.5 Å². The Morgan fingerprint density at radius 2 is 2.15 bits per heavy atom. The Balaban J connectivity index is 2.54. The van der Waals surface area contributed by atoms with Crippen LogP contribution >= 0.6 is 0 Å². The zero-order chi connectivity index (χ0) is 14.7. The highest BCUT2D eigenvalue weighted by atomic mass is 16.5. The number of hydrogen-bond donors (Lipinski definition) is 1. The average molecular weight is 274 g/mol. The van der Waals surface area contributed by atoms with Gasteiger partial charge in [0, 0.05) is 17.6 Å². The van der Waals surface area contributed by atoms with Crippen LogP contribution in [-0.2, 0) is 4.79 Å². The van der Waals surface area contributed by atoms with Crippen molar-refractivity contribution in [2.24, 2.45) is 0 Å². The fraction of sp³-hybridized carbons (Fsp3) is 0.333. The van der Waals surface area contributed by atoms with Crippen molar-refractivity contribution in [3.63, 3.8) is 0 Å². The Bertz CT molecular complexity index is 626. The molecule has 0 fully saturated rings. The van der Waals surface area contributed by atoms with Crippen LogP contribution in [0.3, 0.4) is 0 Å². The number of fused-ring (bicyclic) bond motifs is 1. The number of rotatable bonds is 5. The van der Waals surface area contributed by atoms with Crippen LogP contribution in [0.1, 0.15) is 13.8 Å². The molecule has 1 N–H and O–H groups in total. The summed E-state index contributed by atoms with van der Waals surface area (Å²) in [7, 11) is 1.62. The molecule has 2 rings (SSSR count). The van der Waals surface area contributed by atoms with Gasteiger partial charge in [0.1, 0.15) is 18.1 Å². The maximum Gasteiger partial charge on any atom is 0.323 e. The molecule has 0 saturated heterocycles. The number of methoxy groups -OCH3 is 1. The maximum atomic E-state index is 11.0. The lowest BCUT2D eigenvalue weighted by atomic mass is 10.1. The van der Waals surface area contributed by atoms with E-state index in [1.54, 1.807) is 18.2 Å². The number of aliphatic carboxylic acids is 1. The van der Waals surface area contributed by atoms with E-state index in [-0.39, 0.29) is 12.6 Å². The number of carboxylic acid groups (broad SMARTS) is 1. The van der Waals surface area contributed by atoms with Crippen molar-refractivity contribution in [1.29, 1.82) is 0 Å². The van der Waals surface area contributed by atoms with Crippen LogP contribution in [0, 0.1) is 0 Å². The molecule has 0 radical (unpaired) electrons. The normalized spacial score (nSPS) is 10.8. The molecule has 0 unspecified atom stereocenters. The van der Waals surface area contributed by atoms with Gasteiger partial charge in [-0.15, -0.1) is 0 Å². The molecule has 5 nitrogen and oxygen atoms in total. The number of carboxylic acids is 1. The summed E-state index contributed by atoms with van der Waals surface area (Å²) in [6, 6.07) is 7.62. The highest BCUT2D eigenvalue weighted by molar-refractivity contribution is 5.94. The highest BCUT2D eigenvalue weighted by Crippen LogP contribution is 2.28. The summed E-state index contributed by atoms with van der Waals surface area (Å²) in [5.74, 6) is 0.581. The van der Waals surface area contributed by atoms with Crippen molar-refractivity contribution in [1.82, 2.24) is 4.98 Å². The molecule has 20 heavy (non-hydrogen) atoms. The zero-order valence-corrected chi connectivity index (χ0v) is 11.8. The summed E-state index contributed by atoms with van der Waals surface area (Å²) >= 11 is 0. The van der Waals surface area contributed by atoms with Gasteiger partial charge in [-0.1, -0.05) is 0 Å². The van der Waals surface area contributed by atoms with E-state index < -0.39 is 5.97 Å². The highest BCUT2D eigenvalue weighted by Gasteiger charge is 2.17. The molecule has 1 aromatic heterocycles. The summed E-state index contributed by atoms with van der Waals surface area (Å²) in [5, 5.41) is 11.0. The third kappa shape index (κ3) is 2.82. The fourth-order valence-corrected chi connectivity index (χ4v) is 2.14. The average Bonchev–Trinajstić information content (AvgIpc) is 2.43. The first-order valence-corrected chi connectivity index (χ1v) is 6.44. The third-order valence-electron chi connectivity index (χ3n) is 3.15. The SMILES string of the molecule is COc1ccc2c(N(CC(=O)O)C(C)C)nccc2c1. The molecule has 0 aliphatic carbocycles. The van der Waals surface area contributed by atoms with Crippen LogP contribution in [0.4, 0.5) is 5.82 Å². The molecule has 0 saturated carbocycles. The molecule has 0 atom stereocenters. The second-order valence-electron chi connectivity index (χ2n) is 4.84. The molecule has 106 valence electrons. The molecule has 0 amide bonds. The van der Waals surface area contributed by atoms with Gasteiger partial charge in [0.2, 0.25) is 0 Å². The first-order chi connectivity index (χ1) is 9.52. The van der Waals surface area contributed by atoms with Crippen LogP contribution in [0.5, 0.6) is 5.75 Å². The van der Waals surface area contributed by atoms with Gasteiger partial charge in [0.05, 0.1) is 7.11 Å². The Kier molecular flexibility index (Phi) is 4.08. The number of ether oxygens (including phenoxy) is 1. The monoisotopic (exact) mass is 274 g/mol. The quantitative estimate of drug-likeness (QED) is 0.907. The van der Waals surface area contributed by atoms with E-state index in [1.807, 2.05) is 38.1 Å². The van der Waals surface area contributed by atoms with Crippen molar-refractivity contribution in [3.05, 3.63) is 30.5 Å². The van der Waals surface area contributed by atoms with Crippen molar-refractivity contribution in [2.45, 2.75) is 19.9 Å². The van der Waals surface area contributed by atoms with Gasteiger partial charge >= 0.3 is 5.97 Å². The minimum absolute atomic E-state index is 0.0475. The van der Waals surface area contributed by atoms with Gasteiger partial charge < -0.3 is 14.7 Å². The smallest absolute Gasteiger partial charge is 0.323 e. The van der Waals surface area contributed by atoms with Gasteiger partial charge in [-0.3, -0.25) is 4.79 Å².